The number of amides is 1. The number of nitrogens with zero attached hydrogens (tertiary/aromatic N) is 2. The van der Waals surface area contributed by atoms with Crippen LogP contribution < -0.4 is 4.74 Å². The summed E-state index contributed by atoms with van der Waals surface area (Å²) in [6.07, 6.45) is 1.12. The number of benzene rings is 1. The van der Waals surface area contributed by atoms with Gasteiger partial charge in [-0.2, -0.15) is 0 Å². The first-order chi connectivity index (χ1) is 13.4. The van der Waals surface area contributed by atoms with Crippen LogP contribution in [0.2, 0.25) is 0 Å². The average molecular weight is 392 g/mol. The van der Waals surface area contributed by atoms with Gasteiger partial charge in [-0.1, -0.05) is 17.7 Å². The number of aliphatic hydroxyl groups is 2. The number of aliphatic hydroxyl groups excluding tert-OH is 1. The third-order valence-electron chi connectivity index (χ3n) is 5.80. The van der Waals surface area contributed by atoms with E-state index in [0.29, 0.717) is 38.4 Å². The SMILES string of the molecule is CCOC(=O)N1CCC(N2CC[C@H](O)[C@@](O)(COc3ccc(C)cc3)C2)CC1. The van der Waals surface area contributed by atoms with Gasteiger partial charge in [-0.05, 0) is 45.2 Å². The molecule has 2 saturated heterocycles. The predicted octanol–water partition coefficient (Wildman–Crippen LogP) is 1.79. The highest BCUT2D eigenvalue weighted by Gasteiger charge is 2.44. The lowest BCUT2D eigenvalue weighted by atomic mass is 9.88. The van der Waals surface area contributed by atoms with E-state index in [-0.39, 0.29) is 18.7 Å². The Labute approximate surface area is 166 Å². The molecule has 1 aromatic rings. The Morgan fingerprint density at radius 3 is 2.50 bits per heavy atom. The van der Waals surface area contributed by atoms with E-state index >= 15 is 0 Å². The number of hydrogen-bond acceptors (Lipinski definition) is 6. The summed E-state index contributed by atoms with van der Waals surface area (Å²) in [5.41, 5.74) is -0.161. The van der Waals surface area contributed by atoms with Gasteiger partial charge in [-0.15, -0.1) is 0 Å². The molecular formula is C21H32N2O5. The number of aryl methyl sites for hydroxylation is 1. The maximum atomic E-state index is 11.9. The molecule has 0 radical (unpaired) electrons. The second-order valence-electron chi connectivity index (χ2n) is 7.90. The Hall–Kier alpha value is -1.83. The molecule has 2 heterocycles. The topological polar surface area (TPSA) is 82.5 Å². The van der Waals surface area contributed by atoms with Crippen molar-refractivity contribution >= 4 is 6.09 Å². The van der Waals surface area contributed by atoms with Crippen LogP contribution in [0.25, 0.3) is 0 Å². The molecule has 2 atom stereocenters. The lowest BCUT2D eigenvalue weighted by Crippen LogP contribution is -2.62. The molecule has 2 aliphatic heterocycles. The number of hydrogen-bond donors (Lipinski definition) is 2. The zero-order valence-electron chi connectivity index (χ0n) is 16.8. The quantitative estimate of drug-likeness (QED) is 0.795. The first kappa shape index (κ1) is 20.9. The van der Waals surface area contributed by atoms with Gasteiger partial charge in [-0.25, -0.2) is 4.79 Å². The fourth-order valence-corrected chi connectivity index (χ4v) is 4.02. The predicted molar refractivity (Wildman–Crippen MR) is 105 cm³/mol. The van der Waals surface area contributed by atoms with Crippen molar-refractivity contribution < 1.29 is 24.5 Å². The molecule has 0 aliphatic carbocycles. The van der Waals surface area contributed by atoms with Crippen LogP contribution in [0.4, 0.5) is 4.79 Å². The van der Waals surface area contributed by atoms with E-state index in [0.717, 1.165) is 24.9 Å². The minimum absolute atomic E-state index is 0.0510. The zero-order chi connectivity index (χ0) is 20.1. The van der Waals surface area contributed by atoms with Gasteiger partial charge in [0, 0.05) is 32.2 Å². The standard InChI is InChI=1S/C21H32N2O5/c1-3-27-20(25)22-11-8-17(9-12-22)23-13-10-19(24)21(26,14-23)15-28-18-6-4-16(2)5-7-18/h4-7,17,19,24,26H,3,8-15H2,1-2H3/t19-,21-/m0/s1. The second-order valence-corrected chi connectivity index (χ2v) is 7.90. The normalized spacial score (nSPS) is 26.9. The Balaban J connectivity index is 1.55. The number of β-amino-alcohol motifs (C(OH)–C–C–N with tert-alkyl or cyclic N) is 1. The molecule has 7 nitrogen and oxygen atoms in total. The Morgan fingerprint density at radius 2 is 1.86 bits per heavy atom. The number of carbonyl (C=O) groups is 1. The van der Waals surface area contributed by atoms with Crippen molar-refractivity contribution in [3.8, 4) is 5.75 Å². The molecule has 156 valence electrons. The summed E-state index contributed by atoms with van der Waals surface area (Å²) in [6.45, 7) is 6.66. The van der Waals surface area contributed by atoms with Crippen LogP contribution in [0.1, 0.15) is 31.7 Å². The first-order valence-corrected chi connectivity index (χ1v) is 10.2. The summed E-state index contributed by atoms with van der Waals surface area (Å²) in [5.74, 6) is 0.686. The molecule has 7 heteroatoms. The van der Waals surface area contributed by atoms with E-state index in [1.54, 1.807) is 4.90 Å². The van der Waals surface area contributed by atoms with E-state index < -0.39 is 11.7 Å². The van der Waals surface area contributed by atoms with Gasteiger partial charge in [0.25, 0.3) is 0 Å². The van der Waals surface area contributed by atoms with Crippen molar-refractivity contribution in [2.75, 3.05) is 39.4 Å². The molecule has 1 amide bonds. The molecular weight excluding hydrogens is 360 g/mol. The molecule has 0 bridgehead atoms. The summed E-state index contributed by atoms with van der Waals surface area (Å²) < 4.78 is 10.9. The van der Waals surface area contributed by atoms with Crippen LogP contribution >= 0.6 is 0 Å². The minimum Gasteiger partial charge on any atom is -0.490 e. The number of ether oxygens (including phenoxy) is 2. The number of likely N-dealkylation sites (tertiary alicyclic amines) is 2. The molecule has 0 aromatic heterocycles. The lowest BCUT2D eigenvalue weighted by Gasteiger charge is -2.47. The van der Waals surface area contributed by atoms with Crippen molar-refractivity contribution in [2.24, 2.45) is 0 Å². The Kier molecular flexibility index (Phi) is 6.80. The molecule has 0 spiro atoms. The van der Waals surface area contributed by atoms with Gasteiger partial charge < -0.3 is 24.6 Å². The van der Waals surface area contributed by atoms with Gasteiger partial charge in [0.2, 0.25) is 0 Å². The van der Waals surface area contributed by atoms with Crippen molar-refractivity contribution in [3.63, 3.8) is 0 Å². The Morgan fingerprint density at radius 1 is 1.18 bits per heavy atom. The molecule has 0 unspecified atom stereocenters. The van der Waals surface area contributed by atoms with Gasteiger partial charge >= 0.3 is 6.09 Å². The monoisotopic (exact) mass is 392 g/mol. The van der Waals surface area contributed by atoms with Gasteiger partial charge in [0.05, 0.1) is 12.7 Å². The molecule has 28 heavy (non-hydrogen) atoms. The van der Waals surface area contributed by atoms with Crippen molar-refractivity contribution in [3.05, 3.63) is 29.8 Å². The van der Waals surface area contributed by atoms with Crippen LogP contribution in [0.15, 0.2) is 24.3 Å². The minimum atomic E-state index is -1.30. The molecule has 2 N–H and O–H groups in total. The largest absolute Gasteiger partial charge is 0.490 e. The molecule has 2 aliphatic rings. The fourth-order valence-electron chi connectivity index (χ4n) is 4.02. The maximum Gasteiger partial charge on any atom is 0.409 e. The molecule has 2 fully saturated rings. The highest BCUT2D eigenvalue weighted by atomic mass is 16.6. The molecule has 1 aromatic carbocycles. The van der Waals surface area contributed by atoms with Gasteiger partial charge in [-0.3, -0.25) is 4.90 Å². The molecule has 0 saturated carbocycles. The highest BCUT2D eigenvalue weighted by molar-refractivity contribution is 5.67. The summed E-state index contributed by atoms with van der Waals surface area (Å²) in [6, 6.07) is 7.94. The highest BCUT2D eigenvalue weighted by Crippen LogP contribution is 2.28. The maximum absolute atomic E-state index is 11.9. The summed E-state index contributed by atoms with van der Waals surface area (Å²) in [4.78, 5) is 15.8. The van der Waals surface area contributed by atoms with Crippen molar-refractivity contribution in [1.29, 1.82) is 0 Å². The van der Waals surface area contributed by atoms with Gasteiger partial charge in [0.15, 0.2) is 0 Å². The average Bonchev–Trinajstić information content (AvgIpc) is 2.70. The lowest BCUT2D eigenvalue weighted by molar-refractivity contribution is -0.147. The second kappa shape index (κ2) is 9.11. The van der Waals surface area contributed by atoms with Crippen LogP contribution in [0, 0.1) is 6.92 Å². The number of rotatable bonds is 5. The van der Waals surface area contributed by atoms with Crippen molar-refractivity contribution in [1.82, 2.24) is 9.80 Å². The van der Waals surface area contributed by atoms with Crippen LogP contribution in [0.3, 0.4) is 0 Å². The first-order valence-electron chi connectivity index (χ1n) is 10.2. The van der Waals surface area contributed by atoms with Crippen LogP contribution in [-0.2, 0) is 4.74 Å². The van der Waals surface area contributed by atoms with Crippen molar-refractivity contribution in [2.45, 2.75) is 50.9 Å². The summed E-state index contributed by atoms with van der Waals surface area (Å²) >= 11 is 0. The van der Waals surface area contributed by atoms with E-state index in [1.807, 2.05) is 38.1 Å². The van der Waals surface area contributed by atoms with E-state index in [4.69, 9.17) is 9.47 Å². The van der Waals surface area contributed by atoms with E-state index in [2.05, 4.69) is 4.90 Å². The van der Waals surface area contributed by atoms with E-state index in [1.165, 1.54) is 0 Å². The fraction of sp³-hybridized carbons (Fsp3) is 0.667. The third-order valence-corrected chi connectivity index (χ3v) is 5.80. The summed E-state index contributed by atoms with van der Waals surface area (Å²) in [5, 5.41) is 21.5. The Bertz CT molecular complexity index is 645. The number of piperidine rings is 2. The molecule has 3 rings (SSSR count). The van der Waals surface area contributed by atoms with Crippen LogP contribution in [-0.4, -0.2) is 83.2 Å². The zero-order valence-corrected chi connectivity index (χ0v) is 16.8. The van der Waals surface area contributed by atoms with E-state index in [9.17, 15) is 15.0 Å². The van der Waals surface area contributed by atoms with Gasteiger partial charge in [0.1, 0.15) is 18.0 Å². The smallest absolute Gasteiger partial charge is 0.409 e. The van der Waals surface area contributed by atoms with Crippen LogP contribution in [0.5, 0.6) is 5.75 Å². The number of carbonyl (C=O) groups excluding carboxylic acids is 1. The summed E-state index contributed by atoms with van der Waals surface area (Å²) in [7, 11) is 0. The third kappa shape index (κ3) is 4.96.